The predicted octanol–water partition coefficient (Wildman–Crippen LogP) is 1.02. The smallest absolute Gasteiger partial charge is 0.334 e. The average Bonchev–Trinajstić information content (AvgIpc) is 2.29. The van der Waals surface area contributed by atoms with Crippen molar-refractivity contribution < 1.29 is 19.8 Å². The van der Waals surface area contributed by atoms with Gasteiger partial charge in [0.15, 0.2) is 6.10 Å². The van der Waals surface area contributed by atoms with Crippen LogP contribution in [0.25, 0.3) is 0 Å². The first-order valence-corrected chi connectivity index (χ1v) is 5.50. The molecule has 2 amide bonds. The lowest BCUT2D eigenvalue weighted by atomic mass is 10.3. The van der Waals surface area contributed by atoms with Gasteiger partial charge in [-0.15, -0.1) is 0 Å². The Morgan fingerprint density at radius 3 is 2.59 bits per heavy atom. The number of aliphatic hydroxyl groups is 1. The molecule has 0 saturated carbocycles. The van der Waals surface area contributed by atoms with Crippen LogP contribution in [0.4, 0.5) is 10.5 Å². The van der Waals surface area contributed by atoms with Gasteiger partial charge in [-0.25, -0.2) is 9.59 Å². The number of carboxylic acid groups (broad SMARTS) is 1. The number of carbonyl (C=O) groups is 2. The summed E-state index contributed by atoms with van der Waals surface area (Å²) in [5.41, 5.74) is 0.551. The first-order valence-electron chi connectivity index (χ1n) is 4.71. The highest BCUT2D eigenvalue weighted by atomic mass is 79.9. The highest BCUT2D eigenvalue weighted by Crippen LogP contribution is 2.20. The van der Waals surface area contributed by atoms with Crippen molar-refractivity contribution in [3.8, 4) is 0 Å². The Balaban J connectivity index is 2.46. The van der Waals surface area contributed by atoms with Gasteiger partial charge < -0.3 is 20.8 Å². The number of amides is 2. The van der Waals surface area contributed by atoms with Gasteiger partial charge in [-0.3, -0.25) is 0 Å². The van der Waals surface area contributed by atoms with Crippen LogP contribution < -0.4 is 10.6 Å². The van der Waals surface area contributed by atoms with E-state index in [0.29, 0.717) is 10.2 Å². The molecule has 1 atom stereocenters. The lowest BCUT2D eigenvalue weighted by molar-refractivity contribution is -0.146. The van der Waals surface area contributed by atoms with Crippen LogP contribution in [0.5, 0.6) is 0 Å². The third-order valence-electron chi connectivity index (χ3n) is 1.86. The molecule has 1 aromatic carbocycles. The molecule has 7 heteroatoms. The average molecular weight is 303 g/mol. The van der Waals surface area contributed by atoms with Crippen LogP contribution in [0.2, 0.25) is 0 Å². The molecule has 0 spiro atoms. The Labute approximate surface area is 106 Å². The summed E-state index contributed by atoms with van der Waals surface area (Å²) in [5, 5.41) is 22.1. The van der Waals surface area contributed by atoms with Gasteiger partial charge in [0.2, 0.25) is 0 Å². The lowest BCUT2D eigenvalue weighted by Gasteiger charge is -2.10. The minimum atomic E-state index is -1.61. The zero-order valence-electron chi connectivity index (χ0n) is 8.68. The summed E-state index contributed by atoms with van der Waals surface area (Å²) in [4.78, 5) is 21.6. The minimum absolute atomic E-state index is 0.356. The first-order chi connectivity index (χ1) is 8.00. The number of aliphatic hydroxyl groups excluding tert-OH is 1. The van der Waals surface area contributed by atoms with Crippen molar-refractivity contribution in [3.05, 3.63) is 28.7 Å². The number of hydrogen-bond donors (Lipinski definition) is 4. The number of halogens is 1. The van der Waals surface area contributed by atoms with Crippen LogP contribution in [-0.2, 0) is 4.79 Å². The van der Waals surface area contributed by atoms with E-state index in [2.05, 4.69) is 26.6 Å². The summed E-state index contributed by atoms with van der Waals surface area (Å²) in [6.07, 6.45) is -1.61. The zero-order valence-corrected chi connectivity index (χ0v) is 10.3. The van der Waals surface area contributed by atoms with Gasteiger partial charge in [-0.1, -0.05) is 12.1 Å². The summed E-state index contributed by atoms with van der Waals surface area (Å²) >= 11 is 3.24. The second kappa shape index (κ2) is 6.21. The number of aliphatic carboxylic acids is 1. The largest absolute Gasteiger partial charge is 0.479 e. The quantitative estimate of drug-likeness (QED) is 0.667. The monoisotopic (exact) mass is 302 g/mol. The number of nitrogens with one attached hydrogen (secondary N) is 2. The summed E-state index contributed by atoms with van der Waals surface area (Å²) in [5.74, 6) is -1.38. The van der Waals surface area contributed by atoms with Crippen molar-refractivity contribution in [2.75, 3.05) is 11.9 Å². The lowest BCUT2D eigenvalue weighted by Crippen LogP contribution is -2.38. The fraction of sp³-hybridized carbons (Fsp3) is 0.200. The number of carboxylic acids is 1. The molecule has 1 rings (SSSR count). The molecule has 0 aromatic heterocycles. The van der Waals surface area contributed by atoms with E-state index in [1.807, 2.05) is 0 Å². The number of hydrogen-bond acceptors (Lipinski definition) is 3. The number of carbonyl (C=O) groups excluding carboxylic acids is 1. The van der Waals surface area contributed by atoms with Crippen LogP contribution >= 0.6 is 15.9 Å². The molecule has 0 bridgehead atoms. The van der Waals surface area contributed by atoms with Gasteiger partial charge in [0.05, 0.1) is 12.2 Å². The molecular weight excluding hydrogens is 292 g/mol. The maximum Gasteiger partial charge on any atom is 0.334 e. The van der Waals surface area contributed by atoms with Gasteiger partial charge in [0.25, 0.3) is 0 Å². The second-order valence-electron chi connectivity index (χ2n) is 3.17. The molecule has 17 heavy (non-hydrogen) atoms. The van der Waals surface area contributed by atoms with Crippen LogP contribution in [-0.4, -0.2) is 34.9 Å². The Kier molecular flexibility index (Phi) is 4.92. The molecule has 0 aliphatic heterocycles. The molecule has 6 nitrogen and oxygen atoms in total. The molecule has 0 aliphatic carbocycles. The SMILES string of the molecule is O=C(NCC(O)C(=O)O)Nc1ccccc1Br. The Morgan fingerprint density at radius 2 is 2.00 bits per heavy atom. The third-order valence-corrected chi connectivity index (χ3v) is 2.55. The maximum atomic E-state index is 11.3. The Bertz CT molecular complexity index is 425. The number of urea groups is 1. The molecule has 0 saturated heterocycles. The number of anilines is 1. The van der Waals surface area contributed by atoms with Gasteiger partial charge in [-0.2, -0.15) is 0 Å². The molecule has 0 heterocycles. The van der Waals surface area contributed by atoms with E-state index in [9.17, 15) is 9.59 Å². The molecule has 1 unspecified atom stereocenters. The van der Waals surface area contributed by atoms with Crippen LogP contribution in [0.1, 0.15) is 0 Å². The van der Waals surface area contributed by atoms with Crippen LogP contribution in [0.15, 0.2) is 28.7 Å². The summed E-state index contributed by atoms with van der Waals surface area (Å²) < 4.78 is 0.703. The zero-order chi connectivity index (χ0) is 12.8. The minimum Gasteiger partial charge on any atom is -0.479 e. The van der Waals surface area contributed by atoms with E-state index >= 15 is 0 Å². The van der Waals surface area contributed by atoms with E-state index in [-0.39, 0.29) is 6.54 Å². The van der Waals surface area contributed by atoms with Crippen LogP contribution in [0, 0.1) is 0 Å². The molecule has 0 radical (unpaired) electrons. The highest BCUT2D eigenvalue weighted by molar-refractivity contribution is 9.10. The fourth-order valence-electron chi connectivity index (χ4n) is 1.01. The number of benzene rings is 1. The molecule has 92 valence electrons. The Hall–Kier alpha value is -1.60. The van der Waals surface area contributed by atoms with Crippen molar-refractivity contribution in [3.63, 3.8) is 0 Å². The Morgan fingerprint density at radius 1 is 1.35 bits per heavy atom. The summed E-state index contributed by atoms with van der Waals surface area (Å²) in [7, 11) is 0. The van der Waals surface area contributed by atoms with E-state index in [0.717, 1.165) is 0 Å². The first kappa shape index (κ1) is 13.5. The fourth-order valence-corrected chi connectivity index (χ4v) is 1.39. The topological polar surface area (TPSA) is 98.7 Å². The van der Waals surface area contributed by atoms with Gasteiger partial charge >= 0.3 is 12.0 Å². The van der Waals surface area contributed by atoms with Crippen molar-refractivity contribution >= 4 is 33.6 Å². The molecule has 0 fully saturated rings. The van der Waals surface area contributed by atoms with Crippen molar-refractivity contribution in [1.82, 2.24) is 5.32 Å². The molecule has 1 aromatic rings. The maximum absolute atomic E-state index is 11.3. The molecular formula is C10H11BrN2O4. The normalized spacial score (nSPS) is 11.6. The molecule has 4 N–H and O–H groups in total. The van der Waals surface area contributed by atoms with E-state index in [1.165, 1.54) is 0 Å². The number of para-hydroxylation sites is 1. The van der Waals surface area contributed by atoms with Crippen molar-refractivity contribution in [2.24, 2.45) is 0 Å². The van der Waals surface area contributed by atoms with Gasteiger partial charge in [0.1, 0.15) is 0 Å². The predicted molar refractivity (Wildman–Crippen MR) is 64.8 cm³/mol. The van der Waals surface area contributed by atoms with E-state index in [1.54, 1.807) is 24.3 Å². The van der Waals surface area contributed by atoms with E-state index in [4.69, 9.17) is 10.2 Å². The van der Waals surface area contributed by atoms with Crippen molar-refractivity contribution in [2.45, 2.75) is 6.10 Å². The summed E-state index contributed by atoms with van der Waals surface area (Å²) in [6.45, 7) is -0.356. The van der Waals surface area contributed by atoms with Crippen LogP contribution in [0.3, 0.4) is 0 Å². The molecule has 0 aliphatic rings. The second-order valence-corrected chi connectivity index (χ2v) is 4.02. The van der Waals surface area contributed by atoms with E-state index < -0.39 is 18.1 Å². The number of rotatable bonds is 4. The standard InChI is InChI=1S/C10H11BrN2O4/c11-6-3-1-2-4-7(6)13-10(17)12-5-8(14)9(15)16/h1-4,8,14H,5H2,(H,15,16)(H2,12,13,17). The van der Waals surface area contributed by atoms with Gasteiger partial charge in [-0.05, 0) is 28.1 Å². The van der Waals surface area contributed by atoms with Gasteiger partial charge in [0, 0.05) is 4.47 Å². The summed E-state index contributed by atoms with van der Waals surface area (Å²) in [6, 6.07) is 6.38. The third kappa shape index (κ3) is 4.41. The van der Waals surface area contributed by atoms with Crippen molar-refractivity contribution in [1.29, 1.82) is 0 Å². The highest BCUT2D eigenvalue weighted by Gasteiger charge is 2.14.